The van der Waals surface area contributed by atoms with E-state index < -0.39 is 0 Å². The van der Waals surface area contributed by atoms with Crippen LogP contribution in [0.1, 0.15) is 12.5 Å². The molecular weight excluding hydrogens is 194 g/mol. The van der Waals surface area contributed by atoms with E-state index in [2.05, 4.69) is 29.8 Å². The Hall–Kier alpha value is -1.40. The first kappa shape index (κ1) is 10.7. The maximum absolute atomic E-state index is 10.5. The molecule has 0 aliphatic rings. The van der Waals surface area contributed by atoms with Crippen molar-refractivity contribution in [3.05, 3.63) is 29.8 Å². The molecule has 0 fully saturated rings. The second kappa shape index (κ2) is 5.36. The molecule has 14 heavy (non-hydrogen) atoms. The van der Waals surface area contributed by atoms with Crippen LogP contribution in [0.5, 0.6) is 0 Å². The lowest BCUT2D eigenvalue weighted by Gasteiger charge is -1.93. The summed E-state index contributed by atoms with van der Waals surface area (Å²) >= 11 is 4.19. The topological polar surface area (TPSA) is 29.1 Å². The SMILES string of the molecule is CC(=O)NCC#Cc1cccc(S)c1. The van der Waals surface area contributed by atoms with Crippen LogP contribution in [0, 0.1) is 11.8 Å². The van der Waals surface area contributed by atoms with Crippen LogP contribution in [-0.4, -0.2) is 12.5 Å². The van der Waals surface area contributed by atoms with Gasteiger partial charge < -0.3 is 5.32 Å². The van der Waals surface area contributed by atoms with Crippen LogP contribution in [0.4, 0.5) is 0 Å². The van der Waals surface area contributed by atoms with Gasteiger partial charge in [0.2, 0.25) is 5.91 Å². The average molecular weight is 205 g/mol. The van der Waals surface area contributed by atoms with E-state index in [1.165, 1.54) is 6.92 Å². The van der Waals surface area contributed by atoms with E-state index in [9.17, 15) is 4.79 Å². The van der Waals surface area contributed by atoms with Crippen LogP contribution in [0.25, 0.3) is 0 Å². The highest BCUT2D eigenvalue weighted by Crippen LogP contribution is 2.06. The second-order valence-corrected chi connectivity index (χ2v) is 3.28. The molecular formula is C11H11NOS. The molecule has 1 aromatic carbocycles. The number of carbonyl (C=O) groups is 1. The van der Waals surface area contributed by atoms with Crippen LogP contribution < -0.4 is 5.32 Å². The molecule has 0 heterocycles. The van der Waals surface area contributed by atoms with Gasteiger partial charge in [0.15, 0.2) is 0 Å². The molecule has 1 N–H and O–H groups in total. The minimum absolute atomic E-state index is 0.0674. The largest absolute Gasteiger partial charge is 0.345 e. The zero-order valence-corrected chi connectivity index (χ0v) is 8.77. The van der Waals surface area contributed by atoms with Crippen molar-refractivity contribution in [2.45, 2.75) is 11.8 Å². The number of rotatable bonds is 1. The summed E-state index contributed by atoms with van der Waals surface area (Å²) < 4.78 is 0. The third-order valence-electron chi connectivity index (χ3n) is 1.50. The standard InChI is InChI=1S/C11H11NOS/c1-9(13)12-7-3-5-10-4-2-6-11(14)8-10/h2,4,6,8,14H,7H2,1H3,(H,12,13). The zero-order chi connectivity index (χ0) is 10.4. The first-order chi connectivity index (χ1) is 6.68. The van der Waals surface area contributed by atoms with Crippen molar-refractivity contribution in [3.8, 4) is 11.8 Å². The maximum Gasteiger partial charge on any atom is 0.217 e. The smallest absolute Gasteiger partial charge is 0.217 e. The number of amides is 1. The fourth-order valence-corrected chi connectivity index (χ4v) is 1.12. The molecule has 72 valence electrons. The van der Waals surface area contributed by atoms with Gasteiger partial charge in [-0.15, -0.1) is 12.6 Å². The maximum atomic E-state index is 10.5. The Kier molecular flexibility index (Phi) is 4.09. The van der Waals surface area contributed by atoms with Gasteiger partial charge in [0.1, 0.15) is 0 Å². The summed E-state index contributed by atoms with van der Waals surface area (Å²) in [5.41, 5.74) is 0.905. The summed E-state index contributed by atoms with van der Waals surface area (Å²) in [5.74, 6) is 5.70. The molecule has 0 unspecified atom stereocenters. The molecule has 0 aliphatic heterocycles. The third kappa shape index (κ3) is 4.01. The predicted molar refractivity (Wildman–Crippen MR) is 59.3 cm³/mol. The van der Waals surface area contributed by atoms with Crippen molar-refractivity contribution in [2.75, 3.05) is 6.54 Å². The molecule has 0 saturated carbocycles. The fourth-order valence-electron chi connectivity index (χ4n) is 0.899. The van der Waals surface area contributed by atoms with E-state index >= 15 is 0 Å². The van der Waals surface area contributed by atoms with E-state index in [-0.39, 0.29) is 5.91 Å². The molecule has 1 aromatic rings. The lowest BCUT2D eigenvalue weighted by molar-refractivity contribution is -0.118. The van der Waals surface area contributed by atoms with E-state index in [1.807, 2.05) is 24.3 Å². The van der Waals surface area contributed by atoms with Gasteiger partial charge in [-0.25, -0.2) is 0 Å². The van der Waals surface area contributed by atoms with Gasteiger partial charge in [-0.1, -0.05) is 17.9 Å². The van der Waals surface area contributed by atoms with E-state index in [0.717, 1.165) is 10.5 Å². The Morgan fingerprint density at radius 2 is 2.36 bits per heavy atom. The van der Waals surface area contributed by atoms with Gasteiger partial charge in [0.25, 0.3) is 0 Å². The first-order valence-electron chi connectivity index (χ1n) is 4.21. The minimum atomic E-state index is -0.0674. The van der Waals surface area contributed by atoms with Crippen molar-refractivity contribution in [1.82, 2.24) is 5.32 Å². The molecule has 0 radical (unpaired) electrons. The quantitative estimate of drug-likeness (QED) is 0.527. The monoisotopic (exact) mass is 205 g/mol. The van der Waals surface area contributed by atoms with Crippen LogP contribution in [-0.2, 0) is 4.79 Å². The summed E-state index contributed by atoms with van der Waals surface area (Å²) in [6, 6.07) is 7.57. The highest BCUT2D eigenvalue weighted by Gasteiger charge is 1.87. The van der Waals surface area contributed by atoms with Crippen LogP contribution in [0.3, 0.4) is 0 Å². The number of hydrogen-bond acceptors (Lipinski definition) is 2. The summed E-state index contributed by atoms with van der Waals surface area (Å²) in [5, 5.41) is 2.60. The van der Waals surface area contributed by atoms with Crippen molar-refractivity contribution in [2.24, 2.45) is 0 Å². The van der Waals surface area contributed by atoms with Gasteiger partial charge in [-0.2, -0.15) is 0 Å². The summed E-state index contributed by atoms with van der Waals surface area (Å²) in [7, 11) is 0. The third-order valence-corrected chi connectivity index (χ3v) is 1.78. The Morgan fingerprint density at radius 1 is 1.57 bits per heavy atom. The zero-order valence-electron chi connectivity index (χ0n) is 7.87. The molecule has 0 aliphatic carbocycles. The Bertz CT molecular complexity index is 390. The van der Waals surface area contributed by atoms with Crippen molar-refractivity contribution in [1.29, 1.82) is 0 Å². The lowest BCUT2D eigenvalue weighted by atomic mass is 10.2. The van der Waals surface area contributed by atoms with Crippen LogP contribution in [0.2, 0.25) is 0 Å². The highest BCUT2D eigenvalue weighted by atomic mass is 32.1. The number of carbonyl (C=O) groups excluding carboxylic acids is 1. The van der Waals surface area contributed by atoms with Gasteiger partial charge in [-0.05, 0) is 18.2 Å². The van der Waals surface area contributed by atoms with Crippen LogP contribution >= 0.6 is 12.6 Å². The number of hydrogen-bond donors (Lipinski definition) is 2. The van der Waals surface area contributed by atoms with Gasteiger partial charge in [-0.3, -0.25) is 4.79 Å². The molecule has 1 rings (SSSR count). The van der Waals surface area contributed by atoms with Crippen molar-refractivity contribution < 1.29 is 4.79 Å². The molecule has 0 saturated heterocycles. The Balaban J connectivity index is 2.55. The average Bonchev–Trinajstić information content (AvgIpc) is 2.12. The highest BCUT2D eigenvalue weighted by molar-refractivity contribution is 7.80. The summed E-state index contributed by atoms with van der Waals surface area (Å²) in [4.78, 5) is 11.4. The van der Waals surface area contributed by atoms with Crippen LogP contribution in [0.15, 0.2) is 29.2 Å². The van der Waals surface area contributed by atoms with Crippen molar-refractivity contribution >= 4 is 18.5 Å². The minimum Gasteiger partial charge on any atom is -0.345 e. The predicted octanol–water partition coefficient (Wildman–Crippen LogP) is 1.46. The number of thiol groups is 1. The Labute approximate surface area is 89.1 Å². The number of benzene rings is 1. The molecule has 2 nitrogen and oxygen atoms in total. The second-order valence-electron chi connectivity index (χ2n) is 2.76. The summed E-state index contributed by atoms with van der Waals surface area (Å²) in [6.07, 6.45) is 0. The van der Waals surface area contributed by atoms with Crippen molar-refractivity contribution in [3.63, 3.8) is 0 Å². The molecule has 0 bridgehead atoms. The molecule has 0 atom stereocenters. The Morgan fingerprint density at radius 3 is 3.00 bits per heavy atom. The van der Waals surface area contributed by atoms with E-state index in [1.54, 1.807) is 0 Å². The van der Waals surface area contributed by atoms with E-state index in [4.69, 9.17) is 0 Å². The van der Waals surface area contributed by atoms with Gasteiger partial charge in [0.05, 0.1) is 6.54 Å². The molecule has 0 aromatic heterocycles. The molecule has 0 spiro atoms. The lowest BCUT2D eigenvalue weighted by Crippen LogP contribution is -2.19. The first-order valence-corrected chi connectivity index (χ1v) is 4.65. The fraction of sp³-hybridized carbons (Fsp3) is 0.182. The van der Waals surface area contributed by atoms with Gasteiger partial charge in [0, 0.05) is 17.4 Å². The van der Waals surface area contributed by atoms with E-state index in [0.29, 0.717) is 6.54 Å². The molecule has 1 amide bonds. The molecule has 3 heteroatoms. The van der Waals surface area contributed by atoms with Gasteiger partial charge >= 0.3 is 0 Å². The summed E-state index contributed by atoms with van der Waals surface area (Å²) in [6.45, 7) is 1.85. The normalized spacial score (nSPS) is 8.71. The number of nitrogens with one attached hydrogen (secondary N) is 1.